The van der Waals surface area contributed by atoms with E-state index in [2.05, 4.69) is 15.2 Å². The molecule has 1 aliphatic heterocycles. The van der Waals surface area contributed by atoms with Crippen molar-refractivity contribution < 1.29 is 9.25 Å². The SMILES string of the molecule is CC1=Nc2ccccc2ON1/C(=N/N=C(\C)c1ccco1)c1ccccc1. The summed E-state index contributed by atoms with van der Waals surface area (Å²) in [5, 5.41) is 10.4. The maximum Gasteiger partial charge on any atom is 0.199 e. The smallest absolute Gasteiger partial charge is 0.199 e. The average Bonchev–Trinajstić information content (AvgIpc) is 3.24. The van der Waals surface area contributed by atoms with Gasteiger partial charge in [-0.25, -0.2) is 4.99 Å². The van der Waals surface area contributed by atoms with Gasteiger partial charge in [-0.05, 0) is 38.1 Å². The molecule has 1 aromatic heterocycles. The van der Waals surface area contributed by atoms with Crippen molar-refractivity contribution in [2.24, 2.45) is 15.2 Å². The molecule has 0 fully saturated rings. The molecule has 27 heavy (non-hydrogen) atoms. The molecule has 6 nitrogen and oxygen atoms in total. The summed E-state index contributed by atoms with van der Waals surface area (Å²) in [5.41, 5.74) is 2.32. The van der Waals surface area contributed by atoms with Gasteiger partial charge in [-0.15, -0.1) is 15.3 Å². The summed E-state index contributed by atoms with van der Waals surface area (Å²) in [6.45, 7) is 3.72. The van der Waals surface area contributed by atoms with Crippen molar-refractivity contribution in [3.05, 3.63) is 84.3 Å². The number of hydrogen-bond donors (Lipinski definition) is 0. The minimum absolute atomic E-state index is 0.539. The number of amidine groups is 2. The fraction of sp³-hybridized carbons (Fsp3) is 0.0952. The molecule has 0 saturated heterocycles. The van der Waals surface area contributed by atoms with E-state index < -0.39 is 0 Å². The first-order chi connectivity index (χ1) is 13.2. The molecule has 0 radical (unpaired) electrons. The van der Waals surface area contributed by atoms with Crippen molar-refractivity contribution in [1.82, 2.24) is 5.06 Å². The van der Waals surface area contributed by atoms with Gasteiger partial charge in [0.1, 0.15) is 23.0 Å². The van der Waals surface area contributed by atoms with E-state index in [1.54, 1.807) is 11.3 Å². The van der Waals surface area contributed by atoms with Crippen molar-refractivity contribution in [2.75, 3.05) is 0 Å². The van der Waals surface area contributed by atoms with Gasteiger partial charge in [-0.2, -0.15) is 0 Å². The lowest BCUT2D eigenvalue weighted by atomic mass is 10.2. The molecule has 0 amide bonds. The minimum atomic E-state index is 0.539. The van der Waals surface area contributed by atoms with Crippen LogP contribution in [0.25, 0.3) is 0 Å². The molecule has 0 atom stereocenters. The third-order valence-corrected chi connectivity index (χ3v) is 4.03. The van der Waals surface area contributed by atoms with Crippen LogP contribution in [0.5, 0.6) is 5.75 Å². The standard InChI is InChI=1S/C21H18N4O2/c1-15(19-13-8-14-26-19)23-24-21(17-9-4-3-5-10-17)25-16(2)22-18-11-6-7-12-20(18)27-25/h3-14H,1-2H3/b23-15+,24-21+. The molecule has 0 unspecified atom stereocenters. The number of para-hydroxylation sites is 2. The van der Waals surface area contributed by atoms with Gasteiger partial charge in [-0.1, -0.05) is 42.5 Å². The van der Waals surface area contributed by atoms with Gasteiger partial charge in [0.05, 0.1) is 6.26 Å². The second-order valence-corrected chi connectivity index (χ2v) is 5.96. The first-order valence-electron chi connectivity index (χ1n) is 8.56. The summed E-state index contributed by atoms with van der Waals surface area (Å²) in [4.78, 5) is 10.7. The molecule has 6 heteroatoms. The predicted octanol–water partition coefficient (Wildman–Crippen LogP) is 4.81. The van der Waals surface area contributed by atoms with E-state index in [-0.39, 0.29) is 0 Å². The Hall–Kier alpha value is -3.67. The first kappa shape index (κ1) is 16.8. The van der Waals surface area contributed by atoms with Crippen LogP contribution < -0.4 is 4.84 Å². The Morgan fingerprint density at radius 1 is 0.926 bits per heavy atom. The van der Waals surface area contributed by atoms with Crippen molar-refractivity contribution in [3.8, 4) is 5.75 Å². The van der Waals surface area contributed by atoms with E-state index in [0.717, 1.165) is 11.3 Å². The molecule has 0 N–H and O–H groups in total. The van der Waals surface area contributed by atoms with Crippen LogP contribution in [0, 0.1) is 0 Å². The third kappa shape index (κ3) is 3.50. The van der Waals surface area contributed by atoms with Gasteiger partial charge in [-0.3, -0.25) is 0 Å². The molecule has 2 aromatic carbocycles. The maximum atomic E-state index is 6.06. The van der Waals surface area contributed by atoms with Crippen LogP contribution in [0.4, 0.5) is 5.69 Å². The van der Waals surface area contributed by atoms with Gasteiger partial charge in [0, 0.05) is 5.56 Å². The Morgan fingerprint density at radius 2 is 1.70 bits per heavy atom. The van der Waals surface area contributed by atoms with E-state index in [0.29, 0.717) is 28.9 Å². The second kappa shape index (κ2) is 7.29. The highest BCUT2D eigenvalue weighted by Gasteiger charge is 2.24. The fourth-order valence-corrected chi connectivity index (χ4v) is 2.67. The zero-order valence-electron chi connectivity index (χ0n) is 15.0. The van der Waals surface area contributed by atoms with Crippen LogP contribution in [0.15, 0.2) is 92.6 Å². The first-order valence-corrected chi connectivity index (χ1v) is 8.56. The van der Waals surface area contributed by atoms with Crippen molar-refractivity contribution in [3.63, 3.8) is 0 Å². The maximum absolute atomic E-state index is 6.06. The summed E-state index contributed by atoms with van der Waals surface area (Å²) in [7, 11) is 0. The quantitative estimate of drug-likeness (QED) is 0.383. The topological polar surface area (TPSA) is 62.7 Å². The molecule has 0 bridgehead atoms. The fourth-order valence-electron chi connectivity index (χ4n) is 2.67. The monoisotopic (exact) mass is 358 g/mol. The van der Waals surface area contributed by atoms with E-state index in [1.807, 2.05) is 80.6 Å². The number of hydrogen-bond acceptors (Lipinski definition) is 5. The van der Waals surface area contributed by atoms with Gasteiger partial charge in [0.25, 0.3) is 0 Å². The Balaban J connectivity index is 1.76. The summed E-state index contributed by atoms with van der Waals surface area (Å²) in [5.74, 6) is 2.54. The van der Waals surface area contributed by atoms with Crippen LogP contribution in [0.3, 0.4) is 0 Å². The molecule has 0 saturated carbocycles. The number of furan rings is 1. The number of hydroxylamine groups is 2. The van der Waals surface area contributed by atoms with Gasteiger partial charge in [0.15, 0.2) is 11.6 Å². The van der Waals surface area contributed by atoms with Crippen LogP contribution >= 0.6 is 0 Å². The zero-order chi connectivity index (χ0) is 18.6. The van der Waals surface area contributed by atoms with Gasteiger partial charge >= 0.3 is 0 Å². The molecular weight excluding hydrogens is 340 g/mol. The summed E-state index contributed by atoms with van der Waals surface area (Å²) in [6.07, 6.45) is 1.61. The Labute approximate surface area is 157 Å². The van der Waals surface area contributed by atoms with E-state index >= 15 is 0 Å². The number of nitrogens with zero attached hydrogens (tertiary/aromatic N) is 4. The molecule has 1 aliphatic rings. The molecule has 134 valence electrons. The highest BCUT2D eigenvalue weighted by atomic mass is 16.7. The van der Waals surface area contributed by atoms with E-state index in [4.69, 9.17) is 9.25 Å². The van der Waals surface area contributed by atoms with Crippen LogP contribution in [-0.2, 0) is 0 Å². The van der Waals surface area contributed by atoms with Crippen molar-refractivity contribution in [1.29, 1.82) is 0 Å². The Morgan fingerprint density at radius 3 is 2.48 bits per heavy atom. The number of fused-ring (bicyclic) bond motifs is 1. The lowest BCUT2D eigenvalue weighted by Gasteiger charge is -2.28. The normalized spacial score (nSPS) is 14.4. The highest BCUT2D eigenvalue weighted by Crippen LogP contribution is 2.32. The summed E-state index contributed by atoms with van der Waals surface area (Å²) >= 11 is 0. The van der Waals surface area contributed by atoms with E-state index in [1.165, 1.54) is 0 Å². The molecule has 2 heterocycles. The molecule has 0 aliphatic carbocycles. The number of benzene rings is 2. The summed E-state index contributed by atoms with van der Waals surface area (Å²) in [6, 6.07) is 21.0. The van der Waals surface area contributed by atoms with Crippen LogP contribution in [0.2, 0.25) is 0 Å². The minimum Gasteiger partial charge on any atom is -0.463 e. The molecule has 0 spiro atoms. The lowest BCUT2D eigenvalue weighted by molar-refractivity contribution is 0.0933. The second-order valence-electron chi connectivity index (χ2n) is 5.96. The Bertz CT molecular complexity index is 1020. The third-order valence-electron chi connectivity index (χ3n) is 4.03. The zero-order valence-corrected chi connectivity index (χ0v) is 15.0. The highest BCUT2D eigenvalue weighted by molar-refractivity contribution is 6.09. The number of aliphatic imine (C=N–C) groups is 1. The van der Waals surface area contributed by atoms with Gasteiger partial charge in [0.2, 0.25) is 0 Å². The van der Waals surface area contributed by atoms with Crippen molar-refractivity contribution in [2.45, 2.75) is 13.8 Å². The Kier molecular flexibility index (Phi) is 4.53. The molecule has 4 rings (SSSR count). The average molecular weight is 358 g/mol. The largest absolute Gasteiger partial charge is 0.463 e. The van der Waals surface area contributed by atoms with Crippen molar-refractivity contribution >= 4 is 23.1 Å². The van der Waals surface area contributed by atoms with Gasteiger partial charge < -0.3 is 9.25 Å². The van der Waals surface area contributed by atoms with Crippen LogP contribution in [-0.4, -0.2) is 22.4 Å². The summed E-state index contributed by atoms with van der Waals surface area (Å²) < 4.78 is 5.38. The predicted molar refractivity (Wildman–Crippen MR) is 106 cm³/mol. The van der Waals surface area contributed by atoms with Crippen LogP contribution in [0.1, 0.15) is 25.2 Å². The molecular formula is C21H18N4O2. The lowest BCUT2D eigenvalue weighted by Crippen LogP contribution is -2.40. The number of rotatable bonds is 3. The molecule has 3 aromatic rings. The van der Waals surface area contributed by atoms with E-state index in [9.17, 15) is 0 Å².